The first-order chi connectivity index (χ1) is 15.3. The molecule has 0 saturated carbocycles. The van der Waals surface area contributed by atoms with E-state index in [1.54, 1.807) is 30.1 Å². The van der Waals surface area contributed by atoms with Crippen LogP contribution in [0.15, 0.2) is 53.4 Å². The molecule has 2 heterocycles. The number of fused-ring (bicyclic) bond motifs is 1. The minimum absolute atomic E-state index is 0.0644. The predicted molar refractivity (Wildman–Crippen MR) is 125 cm³/mol. The van der Waals surface area contributed by atoms with Gasteiger partial charge in [0.15, 0.2) is 0 Å². The highest BCUT2D eigenvalue weighted by atomic mass is 35.5. The van der Waals surface area contributed by atoms with Gasteiger partial charge in [-0.1, -0.05) is 29.8 Å². The van der Waals surface area contributed by atoms with Gasteiger partial charge in [-0.05, 0) is 68.9 Å². The van der Waals surface area contributed by atoms with Crippen LogP contribution in [0.3, 0.4) is 0 Å². The van der Waals surface area contributed by atoms with E-state index in [0.29, 0.717) is 17.1 Å². The summed E-state index contributed by atoms with van der Waals surface area (Å²) in [6.45, 7) is 1.94. The van der Waals surface area contributed by atoms with Crippen LogP contribution in [0, 0.1) is 0 Å². The Morgan fingerprint density at radius 3 is 2.44 bits per heavy atom. The van der Waals surface area contributed by atoms with Crippen LogP contribution in [0.2, 0.25) is 5.02 Å². The molecule has 0 spiro atoms. The normalized spacial score (nSPS) is 20.0. The molecule has 0 bridgehead atoms. The molecule has 1 fully saturated rings. The third-order valence-corrected chi connectivity index (χ3v) is 8.32. The van der Waals surface area contributed by atoms with E-state index in [1.807, 2.05) is 18.2 Å². The highest BCUT2D eigenvalue weighted by Gasteiger charge is 2.36. The number of ether oxygens (including phenoxy) is 1. The Morgan fingerprint density at radius 2 is 1.75 bits per heavy atom. The van der Waals surface area contributed by atoms with Crippen molar-refractivity contribution in [1.82, 2.24) is 9.80 Å². The fraction of sp³-hybridized carbons (Fsp3) is 0.435. The number of likely N-dealkylation sites (tertiary alicyclic amines) is 1. The van der Waals surface area contributed by atoms with Crippen molar-refractivity contribution in [3.8, 4) is 0 Å². The molecule has 4 rings (SSSR count). The maximum atomic E-state index is 13.4. The molecule has 32 heavy (non-hydrogen) atoms. The van der Waals surface area contributed by atoms with Crippen molar-refractivity contribution in [3.05, 3.63) is 59.1 Å². The lowest BCUT2D eigenvalue weighted by Crippen LogP contribution is -2.48. The predicted octanol–water partition coefficient (Wildman–Crippen LogP) is 3.62. The topological polar surface area (TPSA) is 70.2 Å². The molecule has 2 aromatic carbocycles. The van der Waals surface area contributed by atoms with Crippen molar-refractivity contribution in [2.45, 2.75) is 36.3 Å². The van der Waals surface area contributed by atoms with E-state index in [0.717, 1.165) is 31.5 Å². The first kappa shape index (κ1) is 22.9. The van der Waals surface area contributed by atoms with Gasteiger partial charge in [0.1, 0.15) is 6.10 Å². The Bertz CT molecular complexity index is 1070. The van der Waals surface area contributed by atoms with Crippen LogP contribution in [0.25, 0.3) is 0 Å². The van der Waals surface area contributed by atoms with Gasteiger partial charge in [-0.2, -0.15) is 0 Å². The highest BCUT2D eigenvalue weighted by Crippen LogP contribution is 2.33. The molecule has 9 heteroatoms. The second kappa shape index (κ2) is 9.29. The van der Waals surface area contributed by atoms with E-state index in [4.69, 9.17) is 16.3 Å². The molecule has 1 saturated heterocycles. The molecule has 1 atom stereocenters. The zero-order chi connectivity index (χ0) is 22.9. The molecule has 2 aliphatic heterocycles. The molecule has 0 unspecified atom stereocenters. The molecule has 7 nitrogen and oxygen atoms in total. The van der Waals surface area contributed by atoms with E-state index in [9.17, 15) is 13.2 Å². The third kappa shape index (κ3) is 4.72. The van der Waals surface area contributed by atoms with Crippen molar-refractivity contribution < 1.29 is 17.9 Å². The molecule has 2 aliphatic rings. The van der Waals surface area contributed by atoms with Gasteiger partial charge in [0, 0.05) is 24.5 Å². The molecular formula is C23H28ClN3O4S. The average Bonchev–Trinajstić information content (AvgIpc) is 2.79. The van der Waals surface area contributed by atoms with Crippen LogP contribution in [0.4, 0.5) is 10.5 Å². The van der Waals surface area contributed by atoms with E-state index >= 15 is 0 Å². The molecular weight excluding hydrogens is 450 g/mol. The van der Waals surface area contributed by atoms with Crippen LogP contribution in [0.1, 0.15) is 18.4 Å². The summed E-state index contributed by atoms with van der Waals surface area (Å²) in [6, 6.07) is 13.5. The number of halogens is 1. The Kier molecular flexibility index (Phi) is 6.65. The lowest BCUT2D eigenvalue weighted by molar-refractivity contribution is 0.0510. The first-order valence-electron chi connectivity index (χ1n) is 10.7. The number of benzene rings is 2. The van der Waals surface area contributed by atoms with E-state index < -0.39 is 22.2 Å². The fourth-order valence-corrected chi connectivity index (χ4v) is 5.98. The molecule has 1 amide bonds. The number of hydrogen-bond acceptors (Lipinski definition) is 5. The third-order valence-electron chi connectivity index (χ3n) is 6.27. The molecule has 2 aromatic rings. The van der Waals surface area contributed by atoms with Gasteiger partial charge >= 0.3 is 6.09 Å². The van der Waals surface area contributed by atoms with E-state index in [1.165, 1.54) is 16.4 Å². The van der Waals surface area contributed by atoms with Gasteiger partial charge in [0.25, 0.3) is 10.0 Å². The van der Waals surface area contributed by atoms with Crippen molar-refractivity contribution in [1.29, 1.82) is 0 Å². The lowest BCUT2D eigenvalue weighted by atomic mass is 10.0. The summed E-state index contributed by atoms with van der Waals surface area (Å²) in [6.07, 6.45) is 1.27. The van der Waals surface area contributed by atoms with Crippen LogP contribution < -0.4 is 4.31 Å². The van der Waals surface area contributed by atoms with Gasteiger partial charge in [0.2, 0.25) is 0 Å². The zero-order valence-electron chi connectivity index (χ0n) is 18.3. The van der Waals surface area contributed by atoms with Crippen molar-refractivity contribution in [3.63, 3.8) is 0 Å². The monoisotopic (exact) mass is 477 g/mol. The summed E-state index contributed by atoms with van der Waals surface area (Å²) in [5.41, 5.74) is 1.44. The van der Waals surface area contributed by atoms with Gasteiger partial charge in [-0.15, -0.1) is 0 Å². The van der Waals surface area contributed by atoms with Gasteiger partial charge in [0.05, 0.1) is 17.1 Å². The summed E-state index contributed by atoms with van der Waals surface area (Å²) in [7, 11) is -0.00914. The van der Waals surface area contributed by atoms with Gasteiger partial charge < -0.3 is 14.5 Å². The number of amides is 1. The van der Waals surface area contributed by atoms with Crippen LogP contribution in [-0.4, -0.2) is 70.2 Å². The summed E-state index contributed by atoms with van der Waals surface area (Å²) in [5, 5.41) is 0.465. The molecule has 172 valence electrons. The second-order valence-electron chi connectivity index (χ2n) is 8.47. The Balaban J connectivity index is 1.54. The minimum atomic E-state index is -3.84. The van der Waals surface area contributed by atoms with Crippen LogP contribution in [0.5, 0.6) is 0 Å². The largest absolute Gasteiger partial charge is 0.444 e. The van der Waals surface area contributed by atoms with Gasteiger partial charge in [-0.3, -0.25) is 4.31 Å². The molecule has 0 N–H and O–H groups in total. The minimum Gasteiger partial charge on any atom is -0.444 e. The standard InChI is InChI=1S/C23H28ClN3O4S/c1-25-13-11-19(12-14-25)26(2)23(28)31-20-15-17-5-3-4-6-22(17)27(16-20)32(29,30)21-9-7-18(24)8-10-21/h3-10,19-20H,11-16H2,1-2H3/t20-/m0/s1. The Morgan fingerprint density at radius 1 is 1.09 bits per heavy atom. The number of carbonyl (C=O) groups is 1. The second-order valence-corrected chi connectivity index (χ2v) is 10.8. The Hall–Kier alpha value is -2.29. The van der Waals surface area contributed by atoms with Crippen LogP contribution >= 0.6 is 11.6 Å². The molecule has 0 aromatic heterocycles. The summed E-state index contributed by atoms with van der Waals surface area (Å²) >= 11 is 5.94. The smallest absolute Gasteiger partial charge is 0.410 e. The average molecular weight is 478 g/mol. The SMILES string of the molecule is CN1CCC(N(C)C(=O)O[C@H]2Cc3ccccc3N(S(=O)(=O)c3ccc(Cl)cc3)C2)CC1. The Labute approximate surface area is 194 Å². The number of hydrogen-bond donors (Lipinski definition) is 0. The molecule has 0 aliphatic carbocycles. The van der Waals surface area contributed by atoms with Gasteiger partial charge in [-0.25, -0.2) is 13.2 Å². The maximum absolute atomic E-state index is 13.4. The summed E-state index contributed by atoms with van der Waals surface area (Å²) in [5.74, 6) is 0. The number of rotatable bonds is 4. The summed E-state index contributed by atoms with van der Waals surface area (Å²) < 4.78 is 34.0. The fourth-order valence-electron chi connectivity index (χ4n) is 4.32. The molecule has 0 radical (unpaired) electrons. The van der Waals surface area contributed by atoms with E-state index in [-0.39, 0.29) is 17.5 Å². The zero-order valence-corrected chi connectivity index (χ0v) is 19.8. The van der Waals surface area contributed by atoms with Crippen molar-refractivity contribution >= 4 is 33.4 Å². The first-order valence-corrected chi connectivity index (χ1v) is 12.6. The maximum Gasteiger partial charge on any atom is 0.410 e. The summed E-state index contributed by atoms with van der Waals surface area (Å²) in [4.78, 5) is 16.9. The van der Waals surface area contributed by atoms with E-state index in [2.05, 4.69) is 11.9 Å². The quantitative estimate of drug-likeness (QED) is 0.672. The number of carbonyl (C=O) groups excluding carboxylic acids is 1. The number of sulfonamides is 1. The van der Waals surface area contributed by atoms with Crippen molar-refractivity contribution in [2.75, 3.05) is 38.0 Å². The number of piperidine rings is 1. The number of anilines is 1. The number of nitrogens with zero attached hydrogens (tertiary/aromatic N) is 3. The van der Waals surface area contributed by atoms with Crippen LogP contribution in [-0.2, 0) is 21.2 Å². The lowest BCUT2D eigenvalue weighted by Gasteiger charge is -2.37. The highest BCUT2D eigenvalue weighted by molar-refractivity contribution is 7.92. The number of para-hydroxylation sites is 1. The van der Waals surface area contributed by atoms with Crippen molar-refractivity contribution in [2.24, 2.45) is 0 Å².